The van der Waals surface area contributed by atoms with Crippen LogP contribution in [0.3, 0.4) is 0 Å². The van der Waals surface area contributed by atoms with Gasteiger partial charge < -0.3 is 14.7 Å². The molecule has 1 aromatic carbocycles. The summed E-state index contributed by atoms with van der Waals surface area (Å²) in [5.41, 5.74) is 1.17. The maximum absolute atomic E-state index is 9.88. The van der Waals surface area contributed by atoms with E-state index in [1.54, 1.807) is 0 Å². The Hall–Kier alpha value is -1.06. The van der Waals surface area contributed by atoms with E-state index in [-0.39, 0.29) is 0 Å². The van der Waals surface area contributed by atoms with Gasteiger partial charge in [-0.2, -0.15) is 0 Å². The predicted octanol–water partition coefficient (Wildman–Crippen LogP) is 2.47. The van der Waals surface area contributed by atoms with E-state index in [1.165, 1.54) is 18.4 Å². The summed E-state index contributed by atoms with van der Waals surface area (Å²) in [7, 11) is 2.03. The number of ether oxygens (including phenoxy) is 1. The van der Waals surface area contributed by atoms with E-state index in [4.69, 9.17) is 4.74 Å². The van der Waals surface area contributed by atoms with Gasteiger partial charge in [-0.05, 0) is 44.6 Å². The molecule has 0 saturated carbocycles. The third kappa shape index (κ3) is 6.03. The molecule has 1 N–H and O–H groups in total. The molecule has 0 radical (unpaired) electrons. The molecule has 1 atom stereocenters. The number of aryl methyl sites for hydroxylation is 1. The molecule has 1 aromatic rings. The SMILES string of the molecule is CCCCN(C)CC(O)COc1cccc(C)c1. The smallest absolute Gasteiger partial charge is 0.119 e. The highest BCUT2D eigenvalue weighted by atomic mass is 16.5. The van der Waals surface area contributed by atoms with E-state index in [0.717, 1.165) is 12.3 Å². The van der Waals surface area contributed by atoms with Crippen LogP contribution in [0.1, 0.15) is 25.3 Å². The topological polar surface area (TPSA) is 32.7 Å². The van der Waals surface area contributed by atoms with Gasteiger partial charge >= 0.3 is 0 Å². The van der Waals surface area contributed by atoms with Crippen LogP contribution >= 0.6 is 0 Å². The standard InChI is InChI=1S/C15H25NO2/c1-4-5-9-16(3)11-14(17)12-18-15-8-6-7-13(2)10-15/h6-8,10,14,17H,4-5,9,11-12H2,1-3H3. The van der Waals surface area contributed by atoms with Crippen molar-refractivity contribution in [3.8, 4) is 5.75 Å². The highest BCUT2D eigenvalue weighted by Gasteiger charge is 2.08. The van der Waals surface area contributed by atoms with Crippen molar-refractivity contribution in [1.29, 1.82) is 0 Å². The fourth-order valence-corrected chi connectivity index (χ4v) is 1.83. The summed E-state index contributed by atoms with van der Waals surface area (Å²) >= 11 is 0. The molecule has 18 heavy (non-hydrogen) atoms. The molecule has 0 saturated heterocycles. The Labute approximate surface area is 110 Å². The second-order valence-corrected chi connectivity index (χ2v) is 4.90. The zero-order chi connectivity index (χ0) is 13.4. The number of hydrogen-bond acceptors (Lipinski definition) is 3. The summed E-state index contributed by atoms with van der Waals surface area (Å²) in [5, 5.41) is 9.88. The van der Waals surface area contributed by atoms with Gasteiger partial charge in [0, 0.05) is 6.54 Å². The monoisotopic (exact) mass is 251 g/mol. The molecule has 0 bridgehead atoms. The number of aliphatic hydroxyl groups excluding tert-OH is 1. The van der Waals surface area contributed by atoms with Gasteiger partial charge in [0.25, 0.3) is 0 Å². The van der Waals surface area contributed by atoms with Crippen molar-refractivity contribution < 1.29 is 9.84 Å². The first kappa shape index (κ1) is 15.0. The Morgan fingerprint density at radius 1 is 1.39 bits per heavy atom. The quantitative estimate of drug-likeness (QED) is 0.770. The maximum Gasteiger partial charge on any atom is 0.119 e. The third-order valence-electron chi connectivity index (χ3n) is 2.85. The zero-order valence-corrected chi connectivity index (χ0v) is 11.7. The molecule has 3 nitrogen and oxygen atoms in total. The molecule has 0 spiro atoms. The van der Waals surface area contributed by atoms with Crippen LogP contribution in [0, 0.1) is 6.92 Å². The Morgan fingerprint density at radius 2 is 2.17 bits per heavy atom. The summed E-state index contributed by atoms with van der Waals surface area (Å²) in [6.45, 7) is 6.23. The van der Waals surface area contributed by atoms with Gasteiger partial charge in [-0.3, -0.25) is 0 Å². The summed E-state index contributed by atoms with van der Waals surface area (Å²) in [5.74, 6) is 0.824. The van der Waals surface area contributed by atoms with E-state index in [9.17, 15) is 5.11 Å². The number of benzene rings is 1. The molecule has 0 fully saturated rings. The van der Waals surface area contributed by atoms with Crippen molar-refractivity contribution >= 4 is 0 Å². The minimum Gasteiger partial charge on any atom is -0.491 e. The van der Waals surface area contributed by atoms with Crippen LogP contribution in [0.2, 0.25) is 0 Å². The van der Waals surface area contributed by atoms with Crippen molar-refractivity contribution in [1.82, 2.24) is 4.90 Å². The minimum atomic E-state index is -0.438. The van der Waals surface area contributed by atoms with Gasteiger partial charge in [0.1, 0.15) is 18.5 Å². The van der Waals surface area contributed by atoms with Gasteiger partial charge in [0.05, 0.1) is 0 Å². The van der Waals surface area contributed by atoms with E-state index in [1.807, 2.05) is 38.2 Å². The van der Waals surface area contributed by atoms with Crippen molar-refractivity contribution in [3.63, 3.8) is 0 Å². The molecule has 0 aliphatic heterocycles. The Morgan fingerprint density at radius 3 is 2.83 bits per heavy atom. The Kier molecular flexibility index (Phi) is 6.76. The first-order chi connectivity index (χ1) is 8.61. The summed E-state index contributed by atoms with van der Waals surface area (Å²) in [6.07, 6.45) is 1.91. The lowest BCUT2D eigenvalue weighted by Gasteiger charge is -2.20. The number of rotatable bonds is 8. The van der Waals surface area contributed by atoms with E-state index in [2.05, 4.69) is 11.8 Å². The highest BCUT2D eigenvalue weighted by Crippen LogP contribution is 2.12. The molecule has 0 heterocycles. The van der Waals surface area contributed by atoms with E-state index in [0.29, 0.717) is 13.2 Å². The average Bonchev–Trinajstić information content (AvgIpc) is 2.34. The molecular formula is C15H25NO2. The van der Waals surface area contributed by atoms with Crippen LogP contribution in [-0.2, 0) is 0 Å². The molecule has 1 unspecified atom stereocenters. The number of unbranched alkanes of at least 4 members (excludes halogenated alkanes) is 1. The van der Waals surface area contributed by atoms with Crippen LogP contribution in [0.5, 0.6) is 5.75 Å². The van der Waals surface area contributed by atoms with E-state index >= 15 is 0 Å². The largest absolute Gasteiger partial charge is 0.491 e. The van der Waals surface area contributed by atoms with Crippen LogP contribution in [0.15, 0.2) is 24.3 Å². The number of nitrogens with zero attached hydrogens (tertiary/aromatic N) is 1. The molecule has 102 valence electrons. The van der Waals surface area contributed by atoms with Gasteiger partial charge in [0.15, 0.2) is 0 Å². The van der Waals surface area contributed by atoms with Crippen molar-refractivity contribution in [3.05, 3.63) is 29.8 Å². The van der Waals surface area contributed by atoms with Gasteiger partial charge in [-0.1, -0.05) is 25.5 Å². The lowest BCUT2D eigenvalue weighted by atomic mass is 10.2. The average molecular weight is 251 g/mol. The summed E-state index contributed by atoms with van der Waals surface area (Å²) in [6, 6.07) is 7.89. The summed E-state index contributed by atoms with van der Waals surface area (Å²) in [4.78, 5) is 2.15. The normalized spacial score (nSPS) is 12.7. The second-order valence-electron chi connectivity index (χ2n) is 4.90. The molecular weight excluding hydrogens is 226 g/mol. The number of likely N-dealkylation sites (N-methyl/N-ethyl adjacent to an activating group) is 1. The van der Waals surface area contributed by atoms with Crippen LogP contribution in [0.25, 0.3) is 0 Å². The molecule has 0 aliphatic carbocycles. The first-order valence-electron chi connectivity index (χ1n) is 6.68. The van der Waals surface area contributed by atoms with Crippen molar-refractivity contribution in [2.45, 2.75) is 32.8 Å². The van der Waals surface area contributed by atoms with Crippen molar-refractivity contribution in [2.24, 2.45) is 0 Å². The fraction of sp³-hybridized carbons (Fsp3) is 0.600. The van der Waals surface area contributed by atoms with Gasteiger partial charge in [0.2, 0.25) is 0 Å². The summed E-state index contributed by atoms with van der Waals surface area (Å²) < 4.78 is 5.58. The van der Waals surface area contributed by atoms with Crippen LogP contribution in [0.4, 0.5) is 0 Å². The lowest BCUT2D eigenvalue weighted by molar-refractivity contribution is 0.0760. The van der Waals surface area contributed by atoms with Gasteiger partial charge in [-0.15, -0.1) is 0 Å². The zero-order valence-electron chi connectivity index (χ0n) is 11.7. The predicted molar refractivity (Wildman–Crippen MR) is 75.1 cm³/mol. The molecule has 0 aliphatic rings. The van der Waals surface area contributed by atoms with Crippen LogP contribution < -0.4 is 4.74 Å². The van der Waals surface area contributed by atoms with Crippen molar-refractivity contribution in [2.75, 3.05) is 26.7 Å². The Bertz CT molecular complexity index is 341. The minimum absolute atomic E-state index is 0.347. The second kappa shape index (κ2) is 8.11. The van der Waals surface area contributed by atoms with E-state index < -0.39 is 6.10 Å². The maximum atomic E-state index is 9.88. The molecule has 3 heteroatoms. The van der Waals surface area contributed by atoms with Crippen LogP contribution in [-0.4, -0.2) is 42.9 Å². The number of hydrogen-bond donors (Lipinski definition) is 1. The lowest BCUT2D eigenvalue weighted by Crippen LogP contribution is -2.33. The molecule has 0 aromatic heterocycles. The molecule has 1 rings (SSSR count). The fourth-order valence-electron chi connectivity index (χ4n) is 1.83. The Balaban J connectivity index is 2.26. The highest BCUT2D eigenvalue weighted by molar-refractivity contribution is 5.27. The number of aliphatic hydroxyl groups is 1. The molecule has 0 amide bonds. The third-order valence-corrected chi connectivity index (χ3v) is 2.85. The van der Waals surface area contributed by atoms with Gasteiger partial charge in [-0.25, -0.2) is 0 Å². The first-order valence-corrected chi connectivity index (χ1v) is 6.68.